The van der Waals surface area contributed by atoms with Crippen molar-refractivity contribution in [1.29, 1.82) is 0 Å². The van der Waals surface area contributed by atoms with Crippen molar-refractivity contribution in [2.75, 3.05) is 0 Å². The van der Waals surface area contributed by atoms with E-state index in [-0.39, 0.29) is 5.78 Å². The maximum atomic E-state index is 12.2. The molecule has 0 saturated heterocycles. The first kappa shape index (κ1) is 13.0. The fraction of sp³-hybridized carbons (Fsp3) is 0.133. The van der Waals surface area contributed by atoms with Crippen LogP contribution in [0.15, 0.2) is 48.8 Å². The lowest BCUT2D eigenvalue weighted by Crippen LogP contribution is -2.09. The first-order valence-electron chi connectivity index (χ1n) is 5.87. The number of carbonyl (C=O) groups excluding carboxylic acids is 1. The van der Waals surface area contributed by atoms with Crippen LogP contribution in [0.1, 0.15) is 34.3 Å². The van der Waals surface area contributed by atoms with E-state index in [9.17, 15) is 9.59 Å². The Morgan fingerprint density at radius 3 is 2.53 bits per heavy atom. The zero-order valence-corrected chi connectivity index (χ0v) is 10.4. The predicted molar refractivity (Wildman–Crippen MR) is 70.2 cm³/mol. The zero-order valence-electron chi connectivity index (χ0n) is 10.4. The van der Waals surface area contributed by atoms with Gasteiger partial charge in [0.2, 0.25) is 0 Å². The van der Waals surface area contributed by atoms with E-state index in [1.165, 1.54) is 6.20 Å². The molecule has 19 heavy (non-hydrogen) atoms. The van der Waals surface area contributed by atoms with Crippen LogP contribution in [0.4, 0.5) is 0 Å². The van der Waals surface area contributed by atoms with Crippen LogP contribution in [0, 0.1) is 0 Å². The summed E-state index contributed by atoms with van der Waals surface area (Å²) in [5.41, 5.74) is 1.57. The van der Waals surface area contributed by atoms with E-state index in [0.29, 0.717) is 16.7 Å². The molecule has 0 radical (unpaired) electrons. The van der Waals surface area contributed by atoms with Crippen molar-refractivity contribution in [3.63, 3.8) is 0 Å². The number of rotatable bonds is 4. The van der Waals surface area contributed by atoms with E-state index in [1.807, 2.05) is 0 Å². The molecule has 1 N–H and O–H groups in total. The van der Waals surface area contributed by atoms with E-state index in [0.717, 1.165) is 0 Å². The van der Waals surface area contributed by atoms with Crippen molar-refractivity contribution < 1.29 is 14.7 Å². The van der Waals surface area contributed by atoms with Gasteiger partial charge in [-0.05, 0) is 30.7 Å². The summed E-state index contributed by atoms with van der Waals surface area (Å²) in [5.74, 6) is -1.71. The summed E-state index contributed by atoms with van der Waals surface area (Å²) < 4.78 is 0. The number of hydrogen-bond donors (Lipinski definition) is 1. The highest BCUT2D eigenvalue weighted by atomic mass is 16.4. The second kappa shape index (κ2) is 5.44. The van der Waals surface area contributed by atoms with Crippen LogP contribution in [-0.4, -0.2) is 21.8 Å². The molecule has 0 aliphatic heterocycles. The Bertz CT molecular complexity index is 608. The maximum Gasteiger partial charge on any atom is 0.310 e. The van der Waals surface area contributed by atoms with Gasteiger partial charge in [-0.1, -0.05) is 18.2 Å². The fourth-order valence-electron chi connectivity index (χ4n) is 1.76. The van der Waals surface area contributed by atoms with Crippen molar-refractivity contribution in [2.45, 2.75) is 12.8 Å². The van der Waals surface area contributed by atoms with Crippen molar-refractivity contribution in [3.8, 4) is 0 Å². The van der Waals surface area contributed by atoms with Gasteiger partial charge in [0.15, 0.2) is 5.78 Å². The third kappa shape index (κ3) is 2.85. The normalized spacial score (nSPS) is 11.8. The van der Waals surface area contributed by atoms with E-state index in [2.05, 4.69) is 4.98 Å². The number of hydrogen-bond acceptors (Lipinski definition) is 3. The largest absolute Gasteiger partial charge is 0.481 e. The van der Waals surface area contributed by atoms with E-state index in [4.69, 9.17) is 5.11 Å². The molecule has 4 nitrogen and oxygen atoms in total. The highest BCUT2D eigenvalue weighted by Gasteiger charge is 2.16. The summed E-state index contributed by atoms with van der Waals surface area (Å²) in [4.78, 5) is 27.1. The molecule has 0 aliphatic carbocycles. The fourth-order valence-corrected chi connectivity index (χ4v) is 1.76. The molecule has 1 aromatic carbocycles. The van der Waals surface area contributed by atoms with Gasteiger partial charge in [0.05, 0.1) is 5.92 Å². The number of pyridine rings is 1. The minimum absolute atomic E-state index is 0.160. The molecule has 1 atom stereocenters. The van der Waals surface area contributed by atoms with Crippen LogP contribution in [0.5, 0.6) is 0 Å². The Morgan fingerprint density at radius 1 is 1.16 bits per heavy atom. The molecular weight excluding hydrogens is 242 g/mol. The molecule has 0 amide bonds. The van der Waals surface area contributed by atoms with Gasteiger partial charge in [-0.15, -0.1) is 0 Å². The van der Waals surface area contributed by atoms with Gasteiger partial charge >= 0.3 is 5.97 Å². The summed E-state index contributed by atoms with van der Waals surface area (Å²) in [7, 11) is 0. The van der Waals surface area contributed by atoms with Crippen molar-refractivity contribution in [2.24, 2.45) is 0 Å². The van der Waals surface area contributed by atoms with Crippen LogP contribution < -0.4 is 0 Å². The highest BCUT2D eigenvalue weighted by molar-refractivity contribution is 6.08. The van der Waals surface area contributed by atoms with Gasteiger partial charge in [0.1, 0.15) is 0 Å². The second-order valence-corrected chi connectivity index (χ2v) is 4.26. The number of ketones is 1. The Labute approximate surface area is 110 Å². The second-order valence-electron chi connectivity index (χ2n) is 4.26. The summed E-state index contributed by atoms with van der Waals surface area (Å²) >= 11 is 0. The smallest absolute Gasteiger partial charge is 0.310 e. The van der Waals surface area contributed by atoms with Crippen molar-refractivity contribution >= 4 is 11.8 Å². The number of carboxylic acids is 1. The third-order valence-corrected chi connectivity index (χ3v) is 2.94. The van der Waals surface area contributed by atoms with E-state index >= 15 is 0 Å². The maximum absolute atomic E-state index is 12.2. The van der Waals surface area contributed by atoms with E-state index in [1.54, 1.807) is 49.5 Å². The van der Waals surface area contributed by atoms with Gasteiger partial charge < -0.3 is 5.11 Å². The molecule has 0 unspecified atom stereocenters. The minimum Gasteiger partial charge on any atom is -0.481 e. The molecule has 0 fully saturated rings. The van der Waals surface area contributed by atoms with Crippen LogP contribution in [0.3, 0.4) is 0 Å². The molecular formula is C15H13NO3. The number of aromatic nitrogens is 1. The Balaban J connectivity index is 2.34. The first-order chi connectivity index (χ1) is 9.09. The Morgan fingerprint density at radius 2 is 1.89 bits per heavy atom. The number of benzene rings is 1. The van der Waals surface area contributed by atoms with Crippen LogP contribution in [0.25, 0.3) is 0 Å². The number of carboxylic acid groups (broad SMARTS) is 1. The minimum atomic E-state index is -0.911. The lowest BCUT2D eigenvalue weighted by Gasteiger charge is -2.08. The van der Waals surface area contributed by atoms with Gasteiger partial charge in [-0.3, -0.25) is 14.6 Å². The van der Waals surface area contributed by atoms with Gasteiger partial charge in [-0.25, -0.2) is 0 Å². The van der Waals surface area contributed by atoms with Crippen molar-refractivity contribution in [3.05, 3.63) is 65.5 Å². The molecule has 2 rings (SSSR count). The lowest BCUT2D eigenvalue weighted by molar-refractivity contribution is -0.138. The third-order valence-electron chi connectivity index (χ3n) is 2.94. The van der Waals surface area contributed by atoms with Crippen LogP contribution in [-0.2, 0) is 4.79 Å². The molecule has 1 aromatic heterocycles. The van der Waals surface area contributed by atoms with Gasteiger partial charge in [0, 0.05) is 23.5 Å². The average Bonchev–Trinajstić information content (AvgIpc) is 2.46. The molecule has 1 heterocycles. The average molecular weight is 255 g/mol. The van der Waals surface area contributed by atoms with Crippen LogP contribution in [0.2, 0.25) is 0 Å². The molecule has 0 spiro atoms. The standard InChI is InChI=1S/C15H13NO3/c1-10(15(18)19)11-4-2-5-12(8-11)14(17)13-6-3-7-16-9-13/h2-10H,1H3,(H,18,19)/t10-/m0/s1. The van der Waals surface area contributed by atoms with Crippen LogP contribution >= 0.6 is 0 Å². The quantitative estimate of drug-likeness (QED) is 0.852. The van der Waals surface area contributed by atoms with Gasteiger partial charge in [-0.2, -0.15) is 0 Å². The first-order valence-corrected chi connectivity index (χ1v) is 5.87. The highest BCUT2D eigenvalue weighted by Crippen LogP contribution is 2.18. The number of nitrogens with zero attached hydrogens (tertiary/aromatic N) is 1. The molecule has 0 saturated carbocycles. The number of carbonyl (C=O) groups is 2. The summed E-state index contributed by atoms with van der Waals surface area (Å²) in [6.07, 6.45) is 3.09. The monoisotopic (exact) mass is 255 g/mol. The lowest BCUT2D eigenvalue weighted by atomic mass is 9.96. The molecule has 2 aromatic rings. The number of aliphatic carboxylic acids is 1. The predicted octanol–water partition coefficient (Wildman–Crippen LogP) is 2.50. The molecule has 0 bridgehead atoms. The summed E-state index contributed by atoms with van der Waals surface area (Å²) in [6, 6.07) is 10.1. The SMILES string of the molecule is C[C@H](C(=O)O)c1cccc(C(=O)c2cccnc2)c1. The van der Waals surface area contributed by atoms with Gasteiger partial charge in [0.25, 0.3) is 0 Å². The Hall–Kier alpha value is -2.49. The summed E-state index contributed by atoms with van der Waals surface area (Å²) in [6.45, 7) is 1.59. The molecule has 0 aliphatic rings. The molecule has 96 valence electrons. The topological polar surface area (TPSA) is 67.3 Å². The van der Waals surface area contributed by atoms with Crippen molar-refractivity contribution in [1.82, 2.24) is 4.98 Å². The Kier molecular flexibility index (Phi) is 3.71. The summed E-state index contributed by atoms with van der Waals surface area (Å²) in [5, 5.41) is 8.99. The van der Waals surface area contributed by atoms with E-state index < -0.39 is 11.9 Å². The molecule has 4 heteroatoms. The zero-order chi connectivity index (χ0) is 13.8.